The maximum Gasteiger partial charge on any atom is 0.272 e. The lowest BCUT2D eigenvalue weighted by Gasteiger charge is -2.37. The van der Waals surface area contributed by atoms with Crippen LogP contribution in [-0.2, 0) is 22.7 Å². The van der Waals surface area contributed by atoms with Crippen LogP contribution < -0.4 is 10.6 Å². The molecule has 0 bridgehead atoms. The first-order valence-electron chi connectivity index (χ1n) is 13.5. The number of nitrogens with zero attached hydrogens (tertiary/aromatic N) is 4. The molecule has 0 radical (unpaired) electrons. The Bertz CT molecular complexity index is 1250. The van der Waals surface area contributed by atoms with Gasteiger partial charge in [-0.1, -0.05) is 32.4 Å². The molecule has 2 aliphatic heterocycles. The molecule has 1 aromatic carbocycles. The normalized spacial score (nSPS) is 17.8. The smallest absolute Gasteiger partial charge is 0.272 e. The fourth-order valence-corrected chi connectivity index (χ4v) is 5.68. The van der Waals surface area contributed by atoms with E-state index in [1.54, 1.807) is 19.1 Å². The van der Waals surface area contributed by atoms with Crippen molar-refractivity contribution in [2.45, 2.75) is 72.1 Å². The van der Waals surface area contributed by atoms with E-state index in [1.807, 2.05) is 30.2 Å². The van der Waals surface area contributed by atoms with Gasteiger partial charge in [0.25, 0.3) is 5.91 Å². The summed E-state index contributed by atoms with van der Waals surface area (Å²) in [5.74, 6) is -0.844. The van der Waals surface area contributed by atoms with Crippen LogP contribution in [0.2, 0.25) is 5.02 Å². The van der Waals surface area contributed by atoms with Crippen LogP contribution in [-0.4, -0.2) is 75.8 Å². The fraction of sp³-hybridized carbons (Fsp3) is 0.571. The second-order valence-corrected chi connectivity index (χ2v) is 11.9. The van der Waals surface area contributed by atoms with Crippen molar-refractivity contribution < 1.29 is 18.8 Å². The number of nitrogens with one attached hydrogen (secondary N) is 2. The molecule has 3 amide bonds. The van der Waals surface area contributed by atoms with Gasteiger partial charge in [-0.25, -0.2) is 9.37 Å². The average molecular weight is 561 g/mol. The summed E-state index contributed by atoms with van der Waals surface area (Å²) in [6, 6.07) is 3.89. The van der Waals surface area contributed by atoms with E-state index in [9.17, 15) is 14.4 Å². The van der Waals surface area contributed by atoms with Crippen LogP contribution in [0.5, 0.6) is 0 Å². The van der Waals surface area contributed by atoms with E-state index in [0.717, 1.165) is 25.8 Å². The summed E-state index contributed by atoms with van der Waals surface area (Å²) in [5, 5.41) is 5.80. The summed E-state index contributed by atoms with van der Waals surface area (Å²) in [4.78, 5) is 47.1. The highest BCUT2D eigenvalue weighted by atomic mass is 35.5. The minimum atomic E-state index is -0.791. The number of hydrogen-bond donors (Lipinski definition) is 2. The quantitative estimate of drug-likeness (QED) is 0.583. The average Bonchev–Trinajstić information content (AvgIpc) is 3.08. The Hall–Kier alpha value is -2.98. The van der Waals surface area contributed by atoms with Gasteiger partial charge in [0.2, 0.25) is 11.8 Å². The Morgan fingerprint density at radius 1 is 1.13 bits per heavy atom. The van der Waals surface area contributed by atoms with E-state index in [1.165, 1.54) is 13.1 Å². The Kier molecular flexibility index (Phi) is 8.66. The molecule has 1 aromatic heterocycles. The van der Waals surface area contributed by atoms with Gasteiger partial charge < -0.3 is 20.1 Å². The highest BCUT2D eigenvalue weighted by Crippen LogP contribution is 2.31. The largest absolute Gasteiger partial charge is 0.357 e. The molecule has 11 heteroatoms. The van der Waals surface area contributed by atoms with Crippen molar-refractivity contribution in [3.63, 3.8) is 0 Å². The number of hydrogen-bond acceptors (Lipinski definition) is 5. The SMILES string of the molecule is CNC(=O)C(NC(=O)c1nc(-c2ccc(Cl)cc2F)n2c1CN(C1CCN(C(C)=O)CC1)CCC2)C(C)(C)C. The summed E-state index contributed by atoms with van der Waals surface area (Å²) in [6.45, 7) is 10.5. The summed E-state index contributed by atoms with van der Waals surface area (Å²) in [7, 11) is 1.53. The van der Waals surface area contributed by atoms with Crippen molar-refractivity contribution in [3.05, 3.63) is 40.4 Å². The fourth-order valence-electron chi connectivity index (χ4n) is 5.53. The maximum atomic E-state index is 15.1. The number of halogens is 2. The number of piperidine rings is 1. The predicted octanol–water partition coefficient (Wildman–Crippen LogP) is 3.45. The Balaban J connectivity index is 1.72. The van der Waals surface area contributed by atoms with Crippen molar-refractivity contribution in [2.75, 3.05) is 26.7 Å². The molecule has 0 aliphatic carbocycles. The number of rotatable bonds is 5. The number of amides is 3. The van der Waals surface area contributed by atoms with E-state index < -0.39 is 23.2 Å². The lowest BCUT2D eigenvalue weighted by molar-refractivity contribution is -0.130. The van der Waals surface area contributed by atoms with Crippen molar-refractivity contribution >= 4 is 29.3 Å². The number of likely N-dealkylation sites (tertiary alicyclic amines) is 1. The van der Waals surface area contributed by atoms with Crippen molar-refractivity contribution in [3.8, 4) is 11.4 Å². The molecule has 1 fully saturated rings. The summed E-state index contributed by atoms with van der Waals surface area (Å²) in [6.07, 6.45) is 2.48. The zero-order chi connectivity index (χ0) is 28.5. The van der Waals surface area contributed by atoms with Gasteiger partial charge in [0, 0.05) is 57.8 Å². The number of aromatic nitrogens is 2. The molecule has 4 rings (SSSR count). The molecule has 1 atom stereocenters. The van der Waals surface area contributed by atoms with Crippen LogP contribution in [0.25, 0.3) is 11.4 Å². The maximum absolute atomic E-state index is 15.1. The second kappa shape index (κ2) is 11.6. The molecule has 3 heterocycles. The van der Waals surface area contributed by atoms with Crippen molar-refractivity contribution in [1.29, 1.82) is 0 Å². The summed E-state index contributed by atoms with van der Waals surface area (Å²) in [5.41, 5.74) is 0.592. The van der Waals surface area contributed by atoms with Gasteiger partial charge in [-0.2, -0.15) is 0 Å². The summed E-state index contributed by atoms with van der Waals surface area (Å²) >= 11 is 6.01. The Morgan fingerprint density at radius 3 is 2.41 bits per heavy atom. The number of likely N-dealkylation sites (N-methyl/N-ethyl adjacent to an activating group) is 1. The van der Waals surface area contributed by atoms with Crippen LogP contribution >= 0.6 is 11.6 Å². The first kappa shape index (κ1) is 29.0. The lowest BCUT2D eigenvalue weighted by atomic mass is 9.86. The van der Waals surface area contributed by atoms with Gasteiger partial charge in [-0.3, -0.25) is 19.3 Å². The zero-order valence-corrected chi connectivity index (χ0v) is 24.1. The van der Waals surface area contributed by atoms with Crippen molar-refractivity contribution in [2.24, 2.45) is 5.41 Å². The third-order valence-electron chi connectivity index (χ3n) is 7.72. The van der Waals surface area contributed by atoms with Gasteiger partial charge in [0.1, 0.15) is 17.7 Å². The third kappa shape index (κ3) is 6.27. The van der Waals surface area contributed by atoms with Gasteiger partial charge in [-0.05, 0) is 42.9 Å². The molecule has 9 nitrogen and oxygen atoms in total. The van der Waals surface area contributed by atoms with E-state index in [-0.39, 0.29) is 34.1 Å². The van der Waals surface area contributed by atoms with E-state index in [4.69, 9.17) is 11.6 Å². The predicted molar refractivity (Wildman–Crippen MR) is 148 cm³/mol. The topological polar surface area (TPSA) is 99.6 Å². The standard InChI is InChI=1S/C28H38ClFN6O3/c1-17(37)34-13-9-19(10-14-34)35-11-6-12-36-22(16-35)23(26(38)33-24(27(39)31-5)28(2,3)4)32-25(36)20-8-7-18(29)15-21(20)30/h7-8,15,19,24H,6,9-14,16H2,1-5H3,(H,31,39)(H,33,38). The number of carbonyl (C=O) groups excluding carboxylic acids is 3. The monoisotopic (exact) mass is 560 g/mol. The number of benzene rings is 1. The molecular weight excluding hydrogens is 523 g/mol. The first-order chi connectivity index (χ1) is 18.4. The third-order valence-corrected chi connectivity index (χ3v) is 7.95. The summed E-state index contributed by atoms with van der Waals surface area (Å²) < 4.78 is 17.0. The minimum Gasteiger partial charge on any atom is -0.357 e. The van der Waals surface area contributed by atoms with Crippen LogP contribution in [0, 0.1) is 11.2 Å². The molecule has 0 saturated carbocycles. The van der Waals surface area contributed by atoms with Crippen LogP contribution in [0.3, 0.4) is 0 Å². The number of carbonyl (C=O) groups is 3. The molecule has 2 N–H and O–H groups in total. The number of imidazole rings is 1. The van der Waals surface area contributed by atoms with Crippen LogP contribution in [0.15, 0.2) is 18.2 Å². The van der Waals surface area contributed by atoms with Gasteiger partial charge in [0.15, 0.2) is 5.69 Å². The van der Waals surface area contributed by atoms with Gasteiger partial charge in [-0.15, -0.1) is 0 Å². The lowest BCUT2D eigenvalue weighted by Crippen LogP contribution is -2.53. The minimum absolute atomic E-state index is 0.0838. The molecular formula is C28H38ClFN6O3. The van der Waals surface area contributed by atoms with Crippen molar-refractivity contribution in [1.82, 2.24) is 30.0 Å². The molecule has 0 spiro atoms. The molecule has 1 saturated heterocycles. The van der Waals surface area contributed by atoms with Gasteiger partial charge >= 0.3 is 0 Å². The molecule has 1 unspecified atom stereocenters. The first-order valence-corrected chi connectivity index (χ1v) is 13.8. The van der Waals surface area contributed by atoms with E-state index >= 15 is 4.39 Å². The highest BCUT2D eigenvalue weighted by Gasteiger charge is 2.36. The Morgan fingerprint density at radius 2 is 1.82 bits per heavy atom. The van der Waals surface area contributed by atoms with E-state index in [2.05, 4.69) is 20.5 Å². The molecule has 212 valence electrons. The molecule has 2 aliphatic rings. The Labute approximate surface area is 234 Å². The molecule has 39 heavy (non-hydrogen) atoms. The molecule has 2 aromatic rings. The second-order valence-electron chi connectivity index (χ2n) is 11.5. The van der Waals surface area contributed by atoms with E-state index in [0.29, 0.717) is 37.7 Å². The van der Waals surface area contributed by atoms with Gasteiger partial charge in [0.05, 0.1) is 11.3 Å². The zero-order valence-electron chi connectivity index (χ0n) is 23.3. The highest BCUT2D eigenvalue weighted by molar-refractivity contribution is 6.30. The van der Waals surface area contributed by atoms with Crippen LogP contribution in [0.1, 0.15) is 63.1 Å². The number of fused-ring (bicyclic) bond motifs is 1. The van der Waals surface area contributed by atoms with Crippen LogP contribution in [0.4, 0.5) is 4.39 Å².